The maximum atomic E-state index is 5.44. The van der Waals surface area contributed by atoms with Crippen molar-refractivity contribution in [3.8, 4) is 0 Å². The van der Waals surface area contributed by atoms with E-state index in [0.29, 0.717) is 12.6 Å². The molecule has 2 heterocycles. The van der Waals surface area contributed by atoms with E-state index in [1.807, 2.05) is 12.5 Å². The van der Waals surface area contributed by atoms with Crippen molar-refractivity contribution in [1.82, 2.24) is 25.1 Å². The van der Waals surface area contributed by atoms with Crippen molar-refractivity contribution in [1.29, 1.82) is 0 Å². The highest BCUT2D eigenvalue weighted by molar-refractivity contribution is 14.0. The maximum absolute atomic E-state index is 5.44. The normalized spacial score (nSPS) is 16.1. The number of aliphatic imine (C=N–C) groups is 1. The third-order valence-electron chi connectivity index (χ3n) is 4.91. The molecule has 1 aromatic carbocycles. The number of halogens is 1. The average Bonchev–Trinajstić information content (AvgIpc) is 3.24. The van der Waals surface area contributed by atoms with Crippen LogP contribution in [-0.2, 0) is 17.8 Å². The molecule has 1 fully saturated rings. The molecule has 8 heteroatoms. The molecule has 3 rings (SSSR count). The number of aromatic nitrogens is 2. The van der Waals surface area contributed by atoms with Gasteiger partial charge in [0.1, 0.15) is 0 Å². The van der Waals surface area contributed by atoms with Crippen LogP contribution in [0.15, 0.2) is 48.0 Å². The SMILES string of the molecule is CCNC(=NCc1cccc(Cn2ccnc2)c1)NCC(C)N1CCOCC1.I. The molecule has 2 aromatic rings. The monoisotopic (exact) mass is 512 g/mol. The maximum Gasteiger partial charge on any atom is 0.191 e. The second kappa shape index (κ2) is 12.8. The Balaban J connectivity index is 0.00000300. The first kappa shape index (κ1) is 23.6. The molecule has 0 bridgehead atoms. The molecule has 0 spiro atoms. The van der Waals surface area contributed by atoms with Gasteiger partial charge in [-0.1, -0.05) is 24.3 Å². The van der Waals surface area contributed by atoms with Crippen LogP contribution in [0, 0.1) is 0 Å². The van der Waals surface area contributed by atoms with E-state index in [1.165, 1.54) is 11.1 Å². The van der Waals surface area contributed by atoms with Crippen molar-refractivity contribution in [3.63, 3.8) is 0 Å². The van der Waals surface area contributed by atoms with Crippen molar-refractivity contribution in [2.45, 2.75) is 33.0 Å². The third kappa shape index (κ3) is 7.94. The first-order valence-electron chi connectivity index (χ1n) is 10.1. The van der Waals surface area contributed by atoms with Crippen LogP contribution in [0.1, 0.15) is 25.0 Å². The summed E-state index contributed by atoms with van der Waals surface area (Å²) in [5.41, 5.74) is 2.46. The number of ether oxygens (including phenoxy) is 1. The summed E-state index contributed by atoms with van der Waals surface area (Å²) in [5, 5.41) is 6.83. The van der Waals surface area contributed by atoms with Gasteiger partial charge < -0.3 is 19.9 Å². The molecule has 29 heavy (non-hydrogen) atoms. The minimum Gasteiger partial charge on any atom is -0.379 e. The summed E-state index contributed by atoms with van der Waals surface area (Å²) in [6.45, 7) is 11.2. The fraction of sp³-hybridized carbons (Fsp3) is 0.524. The second-order valence-corrected chi connectivity index (χ2v) is 7.13. The summed E-state index contributed by atoms with van der Waals surface area (Å²) in [6, 6.07) is 9.02. The summed E-state index contributed by atoms with van der Waals surface area (Å²) >= 11 is 0. The molecule has 1 atom stereocenters. The van der Waals surface area contributed by atoms with E-state index in [2.05, 4.69) is 63.2 Å². The molecule has 0 amide bonds. The molecule has 1 unspecified atom stereocenters. The molecule has 0 radical (unpaired) electrons. The van der Waals surface area contributed by atoms with Gasteiger partial charge in [0, 0.05) is 51.2 Å². The van der Waals surface area contributed by atoms with Crippen molar-refractivity contribution in [2.75, 3.05) is 39.4 Å². The van der Waals surface area contributed by atoms with Crippen LogP contribution in [0.3, 0.4) is 0 Å². The quantitative estimate of drug-likeness (QED) is 0.323. The molecular formula is C21H33IN6O. The van der Waals surface area contributed by atoms with Crippen LogP contribution in [-0.4, -0.2) is 65.8 Å². The van der Waals surface area contributed by atoms with Crippen LogP contribution in [0.5, 0.6) is 0 Å². The van der Waals surface area contributed by atoms with Gasteiger partial charge in [-0.15, -0.1) is 24.0 Å². The Morgan fingerprint density at radius 1 is 1.24 bits per heavy atom. The van der Waals surface area contributed by atoms with Crippen molar-refractivity contribution in [3.05, 3.63) is 54.1 Å². The number of nitrogens with one attached hydrogen (secondary N) is 2. The molecule has 7 nitrogen and oxygen atoms in total. The molecule has 0 saturated carbocycles. The van der Waals surface area contributed by atoms with Crippen LogP contribution < -0.4 is 10.6 Å². The highest BCUT2D eigenvalue weighted by atomic mass is 127. The number of morpholine rings is 1. The standard InChI is InChI=1S/C21H32N6O.HI/c1-3-23-21(24-14-18(2)27-9-11-28-12-10-27)25-15-19-5-4-6-20(13-19)16-26-8-7-22-17-26;/h4-8,13,17-18H,3,9-12,14-16H2,1-2H3,(H2,23,24,25);1H. The topological polar surface area (TPSA) is 66.7 Å². The fourth-order valence-electron chi connectivity index (χ4n) is 3.32. The number of imidazole rings is 1. The van der Waals surface area contributed by atoms with E-state index in [9.17, 15) is 0 Å². The number of hydrogen-bond donors (Lipinski definition) is 2. The van der Waals surface area contributed by atoms with Crippen LogP contribution in [0.25, 0.3) is 0 Å². The Morgan fingerprint density at radius 2 is 2.03 bits per heavy atom. The fourth-order valence-corrected chi connectivity index (χ4v) is 3.32. The Kier molecular flexibility index (Phi) is 10.4. The van der Waals surface area contributed by atoms with Gasteiger partial charge in [0.15, 0.2) is 5.96 Å². The highest BCUT2D eigenvalue weighted by Gasteiger charge is 2.16. The minimum absolute atomic E-state index is 0. The van der Waals surface area contributed by atoms with E-state index < -0.39 is 0 Å². The van der Waals surface area contributed by atoms with E-state index in [1.54, 1.807) is 6.20 Å². The molecule has 1 aromatic heterocycles. The third-order valence-corrected chi connectivity index (χ3v) is 4.91. The largest absolute Gasteiger partial charge is 0.379 e. The molecule has 0 aliphatic carbocycles. The van der Waals surface area contributed by atoms with Crippen molar-refractivity contribution in [2.24, 2.45) is 4.99 Å². The Hall–Kier alpha value is -1.65. The van der Waals surface area contributed by atoms with E-state index in [0.717, 1.165) is 51.9 Å². The smallest absolute Gasteiger partial charge is 0.191 e. The lowest BCUT2D eigenvalue weighted by molar-refractivity contribution is 0.0211. The van der Waals surface area contributed by atoms with Crippen molar-refractivity contribution < 1.29 is 4.74 Å². The molecule has 160 valence electrons. The van der Waals surface area contributed by atoms with Gasteiger partial charge in [-0.2, -0.15) is 0 Å². The second-order valence-electron chi connectivity index (χ2n) is 7.13. The van der Waals surface area contributed by atoms with Crippen LogP contribution in [0.2, 0.25) is 0 Å². The van der Waals surface area contributed by atoms with Crippen LogP contribution >= 0.6 is 24.0 Å². The molecule has 1 aliphatic heterocycles. The van der Waals surface area contributed by atoms with Gasteiger partial charge in [-0.25, -0.2) is 9.98 Å². The zero-order valence-corrected chi connectivity index (χ0v) is 19.7. The first-order valence-corrected chi connectivity index (χ1v) is 10.1. The lowest BCUT2D eigenvalue weighted by atomic mass is 10.1. The predicted molar refractivity (Wildman–Crippen MR) is 128 cm³/mol. The highest BCUT2D eigenvalue weighted by Crippen LogP contribution is 2.09. The average molecular weight is 512 g/mol. The number of hydrogen-bond acceptors (Lipinski definition) is 4. The molecular weight excluding hydrogens is 479 g/mol. The number of benzene rings is 1. The molecule has 1 saturated heterocycles. The van der Waals surface area contributed by atoms with Gasteiger partial charge >= 0.3 is 0 Å². The van der Waals surface area contributed by atoms with Crippen molar-refractivity contribution >= 4 is 29.9 Å². The minimum atomic E-state index is 0. The number of guanidine groups is 1. The summed E-state index contributed by atoms with van der Waals surface area (Å²) in [4.78, 5) is 11.3. The van der Waals surface area contributed by atoms with E-state index >= 15 is 0 Å². The Labute approximate surface area is 191 Å². The van der Waals surface area contributed by atoms with Gasteiger partial charge in [0.25, 0.3) is 0 Å². The zero-order valence-electron chi connectivity index (χ0n) is 17.4. The molecule has 2 N–H and O–H groups in total. The van der Waals surface area contributed by atoms with E-state index in [-0.39, 0.29) is 24.0 Å². The Bertz CT molecular complexity index is 731. The summed E-state index contributed by atoms with van der Waals surface area (Å²) in [7, 11) is 0. The van der Waals surface area contributed by atoms with Crippen LogP contribution in [0.4, 0.5) is 0 Å². The lowest BCUT2D eigenvalue weighted by Crippen LogP contribution is -2.49. The Morgan fingerprint density at radius 3 is 2.76 bits per heavy atom. The summed E-state index contributed by atoms with van der Waals surface area (Å²) in [5.74, 6) is 0.864. The predicted octanol–water partition coefficient (Wildman–Crippen LogP) is 2.33. The summed E-state index contributed by atoms with van der Waals surface area (Å²) in [6.07, 6.45) is 5.63. The van der Waals surface area contributed by atoms with Gasteiger partial charge in [-0.3, -0.25) is 4.90 Å². The summed E-state index contributed by atoms with van der Waals surface area (Å²) < 4.78 is 7.51. The van der Waals surface area contributed by atoms with Gasteiger partial charge in [-0.05, 0) is 25.0 Å². The zero-order chi connectivity index (χ0) is 19.6. The number of nitrogens with zero attached hydrogens (tertiary/aromatic N) is 4. The molecule has 1 aliphatic rings. The van der Waals surface area contributed by atoms with Gasteiger partial charge in [0.05, 0.1) is 26.1 Å². The lowest BCUT2D eigenvalue weighted by Gasteiger charge is -2.32. The van der Waals surface area contributed by atoms with Gasteiger partial charge in [0.2, 0.25) is 0 Å². The number of rotatable bonds is 8. The first-order chi connectivity index (χ1) is 13.7. The van der Waals surface area contributed by atoms with E-state index in [4.69, 9.17) is 9.73 Å².